The van der Waals surface area contributed by atoms with Crippen molar-refractivity contribution in [1.82, 2.24) is 0 Å². The van der Waals surface area contributed by atoms with Gasteiger partial charge in [-0.25, -0.2) is 0 Å². The van der Waals surface area contributed by atoms with Crippen LogP contribution in [-0.2, 0) is 0 Å². The van der Waals surface area contributed by atoms with Gasteiger partial charge in [-0.1, -0.05) is 6.92 Å². The Morgan fingerprint density at radius 3 is 2.48 bits per heavy atom. The average molecular weight is 288 g/mol. The van der Waals surface area contributed by atoms with Crippen molar-refractivity contribution in [2.45, 2.75) is 26.3 Å². The lowest BCUT2D eigenvalue weighted by molar-refractivity contribution is 0.302. The van der Waals surface area contributed by atoms with Gasteiger partial charge < -0.3 is 19.7 Å². The second-order valence-corrected chi connectivity index (χ2v) is 4.97. The Balaban J connectivity index is 2.04. The predicted molar refractivity (Wildman–Crippen MR) is 86.8 cm³/mol. The summed E-state index contributed by atoms with van der Waals surface area (Å²) in [6.45, 7) is 5.94. The summed E-state index contributed by atoms with van der Waals surface area (Å²) in [6.07, 6.45) is 2.66. The highest BCUT2D eigenvalue weighted by molar-refractivity contribution is 5.55. The molecular weight excluding hydrogens is 264 g/mol. The Labute approximate surface area is 126 Å². The van der Waals surface area contributed by atoms with E-state index in [2.05, 4.69) is 48.3 Å². The van der Waals surface area contributed by atoms with Crippen molar-refractivity contribution in [2.75, 3.05) is 29.9 Å². The van der Waals surface area contributed by atoms with Crippen LogP contribution in [0.1, 0.15) is 32.1 Å². The van der Waals surface area contributed by atoms with E-state index in [1.54, 1.807) is 6.26 Å². The number of furan rings is 1. The van der Waals surface area contributed by atoms with E-state index in [9.17, 15) is 0 Å². The minimum absolute atomic E-state index is 0.171. The van der Waals surface area contributed by atoms with Gasteiger partial charge in [-0.2, -0.15) is 0 Å². The maximum atomic E-state index is 9.08. The molecule has 1 aromatic heterocycles. The number of hydrogen-bond donors (Lipinski definition) is 2. The zero-order valence-corrected chi connectivity index (χ0v) is 12.7. The van der Waals surface area contributed by atoms with E-state index in [1.807, 2.05) is 12.1 Å². The van der Waals surface area contributed by atoms with Gasteiger partial charge >= 0.3 is 0 Å². The Morgan fingerprint density at radius 2 is 1.95 bits per heavy atom. The third-order valence-electron chi connectivity index (χ3n) is 3.62. The molecular formula is C17H24N2O2. The Bertz CT molecular complexity index is 508. The average Bonchev–Trinajstić information content (AvgIpc) is 3.05. The van der Waals surface area contributed by atoms with Crippen LogP contribution in [0.5, 0.6) is 0 Å². The van der Waals surface area contributed by atoms with E-state index in [1.165, 1.54) is 0 Å². The summed E-state index contributed by atoms with van der Waals surface area (Å²) in [5.41, 5.74) is 2.20. The summed E-state index contributed by atoms with van der Waals surface area (Å²) in [7, 11) is 0. The molecule has 1 atom stereocenters. The van der Waals surface area contributed by atoms with Gasteiger partial charge in [-0.3, -0.25) is 0 Å². The highest BCUT2D eigenvalue weighted by Crippen LogP contribution is 2.24. The molecule has 2 N–H and O–H groups in total. The molecule has 2 aromatic rings. The van der Waals surface area contributed by atoms with Crippen molar-refractivity contribution in [3.8, 4) is 0 Å². The van der Waals surface area contributed by atoms with Crippen molar-refractivity contribution in [1.29, 1.82) is 0 Å². The summed E-state index contributed by atoms with van der Waals surface area (Å²) in [4.78, 5) is 2.15. The molecule has 4 heteroatoms. The second-order valence-electron chi connectivity index (χ2n) is 4.97. The highest BCUT2D eigenvalue weighted by atomic mass is 16.3. The largest absolute Gasteiger partial charge is 0.467 e. The fourth-order valence-corrected chi connectivity index (χ4v) is 2.42. The molecule has 4 nitrogen and oxygen atoms in total. The number of benzene rings is 1. The number of rotatable bonds is 8. The first-order valence-corrected chi connectivity index (χ1v) is 7.54. The molecule has 1 heterocycles. The number of aliphatic hydroxyl groups excluding tert-OH is 1. The molecule has 1 aromatic carbocycles. The maximum Gasteiger partial charge on any atom is 0.125 e. The molecule has 2 rings (SSSR count). The van der Waals surface area contributed by atoms with Gasteiger partial charge in [0.15, 0.2) is 0 Å². The molecule has 114 valence electrons. The summed E-state index contributed by atoms with van der Waals surface area (Å²) < 4.78 is 5.47. The van der Waals surface area contributed by atoms with Gasteiger partial charge in [-0.15, -0.1) is 0 Å². The normalized spacial score (nSPS) is 12.1. The number of nitrogens with zero attached hydrogens (tertiary/aromatic N) is 1. The first kappa shape index (κ1) is 15.4. The van der Waals surface area contributed by atoms with Crippen LogP contribution in [0.2, 0.25) is 0 Å². The van der Waals surface area contributed by atoms with Crippen LogP contribution in [0.25, 0.3) is 0 Å². The smallest absolute Gasteiger partial charge is 0.125 e. The Kier molecular flexibility index (Phi) is 5.69. The topological polar surface area (TPSA) is 48.6 Å². The van der Waals surface area contributed by atoms with Gasteiger partial charge in [0.2, 0.25) is 0 Å². The fourth-order valence-electron chi connectivity index (χ4n) is 2.42. The molecule has 0 radical (unpaired) electrons. The summed E-state index contributed by atoms with van der Waals surface area (Å²) in [6, 6.07) is 12.4. The molecule has 0 aliphatic rings. The lowest BCUT2D eigenvalue weighted by Crippen LogP contribution is -2.25. The minimum atomic E-state index is 0.171. The van der Waals surface area contributed by atoms with Crippen molar-refractivity contribution in [3.05, 3.63) is 48.4 Å². The van der Waals surface area contributed by atoms with E-state index in [0.717, 1.165) is 30.1 Å². The molecule has 1 unspecified atom stereocenters. The summed E-state index contributed by atoms with van der Waals surface area (Å²) >= 11 is 0. The van der Waals surface area contributed by atoms with E-state index in [4.69, 9.17) is 9.52 Å². The molecule has 0 saturated heterocycles. The van der Waals surface area contributed by atoms with E-state index >= 15 is 0 Å². The van der Waals surface area contributed by atoms with Crippen LogP contribution in [0.3, 0.4) is 0 Å². The van der Waals surface area contributed by atoms with E-state index in [-0.39, 0.29) is 12.6 Å². The van der Waals surface area contributed by atoms with Crippen LogP contribution >= 0.6 is 0 Å². The van der Waals surface area contributed by atoms with Crippen LogP contribution in [0.15, 0.2) is 47.1 Å². The number of anilines is 2. The number of likely N-dealkylation sites (N-methyl/N-ethyl adjacent to an activating group) is 1. The first-order chi connectivity index (χ1) is 10.3. The predicted octanol–water partition coefficient (Wildman–Crippen LogP) is 3.66. The molecule has 0 fully saturated rings. The highest BCUT2D eigenvalue weighted by Gasteiger charge is 2.12. The molecule has 0 spiro atoms. The quantitative estimate of drug-likeness (QED) is 0.778. The van der Waals surface area contributed by atoms with Crippen LogP contribution < -0.4 is 10.2 Å². The summed E-state index contributed by atoms with van der Waals surface area (Å²) in [5, 5.41) is 12.6. The molecule has 0 aliphatic carbocycles. The van der Waals surface area contributed by atoms with Gasteiger partial charge in [0, 0.05) is 24.5 Å². The molecule has 21 heavy (non-hydrogen) atoms. The molecule has 0 amide bonds. The second kappa shape index (κ2) is 7.74. The molecule has 0 bridgehead atoms. The van der Waals surface area contributed by atoms with Gasteiger partial charge in [0.1, 0.15) is 5.76 Å². The molecule has 0 saturated carbocycles. The summed E-state index contributed by atoms with van der Waals surface area (Å²) in [5.74, 6) is 0.956. The van der Waals surface area contributed by atoms with Gasteiger partial charge in [0.25, 0.3) is 0 Å². The minimum Gasteiger partial charge on any atom is -0.467 e. The lowest BCUT2D eigenvalue weighted by atomic mass is 10.1. The zero-order valence-electron chi connectivity index (χ0n) is 12.7. The third-order valence-corrected chi connectivity index (χ3v) is 3.62. The van der Waals surface area contributed by atoms with E-state index < -0.39 is 0 Å². The van der Waals surface area contributed by atoms with Gasteiger partial charge in [0.05, 0.1) is 18.9 Å². The zero-order chi connectivity index (χ0) is 15.1. The Hall–Kier alpha value is -1.94. The number of aliphatic hydroxyl groups is 1. The third kappa shape index (κ3) is 4.02. The van der Waals surface area contributed by atoms with Crippen LogP contribution in [0.4, 0.5) is 11.4 Å². The first-order valence-electron chi connectivity index (χ1n) is 7.54. The lowest BCUT2D eigenvalue weighted by Gasteiger charge is -2.23. The standard InChI is InChI=1S/C17H24N2O2/c1-3-16(17-6-5-13-21-17)18-14-7-9-15(10-8-14)19(4-2)11-12-20/h5-10,13,16,18,20H,3-4,11-12H2,1-2H3. The van der Waals surface area contributed by atoms with E-state index in [0.29, 0.717) is 6.54 Å². The van der Waals surface area contributed by atoms with Crippen LogP contribution in [0, 0.1) is 0 Å². The maximum absolute atomic E-state index is 9.08. The van der Waals surface area contributed by atoms with Crippen molar-refractivity contribution in [3.63, 3.8) is 0 Å². The van der Waals surface area contributed by atoms with Gasteiger partial charge in [-0.05, 0) is 49.7 Å². The molecule has 0 aliphatic heterocycles. The van der Waals surface area contributed by atoms with Crippen molar-refractivity contribution in [2.24, 2.45) is 0 Å². The van der Waals surface area contributed by atoms with Crippen molar-refractivity contribution >= 4 is 11.4 Å². The number of nitrogens with one attached hydrogen (secondary N) is 1. The monoisotopic (exact) mass is 288 g/mol. The fraction of sp³-hybridized carbons (Fsp3) is 0.412. The van der Waals surface area contributed by atoms with Crippen molar-refractivity contribution < 1.29 is 9.52 Å². The number of hydrogen-bond acceptors (Lipinski definition) is 4. The van der Waals surface area contributed by atoms with Crippen LogP contribution in [-0.4, -0.2) is 24.8 Å². The Morgan fingerprint density at radius 1 is 1.19 bits per heavy atom. The SMILES string of the molecule is CCC(Nc1ccc(N(CC)CCO)cc1)c1ccco1.